The Balaban J connectivity index is 2.86. The van der Waals surface area contributed by atoms with Gasteiger partial charge < -0.3 is 15.4 Å². The summed E-state index contributed by atoms with van der Waals surface area (Å²) in [6.07, 6.45) is 1.86. The Bertz CT molecular complexity index is 314. The quantitative estimate of drug-likeness (QED) is 0.535. The van der Waals surface area contributed by atoms with E-state index in [2.05, 4.69) is 10.6 Å². The second-order valence-electron chi connectivity index (χ2n) is 2.95. The number of allylic oxidation sites excluding steroid dienone is 1. The fraction of sp³-hybridized carbons (Fsp3) is 0.556. The standard InChI is InChI=1S/C9H14N2O3S/c1-4-14-8(13)6-5(2)10-9(15-3)11-7(6)12/h9-10H,4H2,1-3H3,(H,11,12). The third-order valence-corrected chi connectivity index (χ3v) is 2.63. The average molecular weight is 230 g/mol. The normalized spacial score (nSPS) is 20.7. The smallest absolute Gasteiger partial charge is 0.345 e. The van der Waals surface area contributed by atoms with E-state index in [0.717, 1.165) is 0 Å². The zero-order valence-corrected chi connectivity index (χ0v) is 9.73. The predicted molar refractivity (Wildman–Crippen MR) is 57.9 cm³/mol. The summed E-state index contributed by atoms with van der Waals surface area (Å²) in [6.45, 7) is 3.65. The van der Waals surface area contributed by atoms with Gasteiger partial charge in [-0.1, -0.05) is 0 Å². The van der Waals surface area contributed by atoms with Crippen molar-refractivity contribution < 1.29 is 14.3 Å². The van der Waals surface area contributed by atoms with Crippen molar-refractivity contribution in [1.29, 1.82) is 0 Å². The molecule has 1 heterocycles. The Morgan fingerprint density at radius 2 is 2.20 bits per heavy atom. The van der Waals surface area contributed by atoms with Crippen molar-refractivity contribution in [3.8, 4) is 0 Å². The highest BCUT2D eigenvalue weighted by atomic mass is 32.2. The van der Waals surface area contributed by atoms with Crippen LogP contribution in [0.25, 0.3) is 0 Å². The van der Waals surface area contributed by atoms with Crippen LogP contribution in [0.3, 0.4) is 0 Å². The van der Waals surface area contributed by atoms with Crippen LogP contribution in [0.4, 0.5) is 0 Å². The molecule has 15 heavy (non-hydrogen) atoms. The summed E-state index contributed by atoms with van der Waals surface area (Å²) in [6, 6.07) is 0. The molecule has 0 bridgehead atoms. The molecule has 0 aliphatic carbocycles. The molecule has 1 unspecified atom stereocenters. The van der Waals surface area contributed by atoms with E-state index >= 15 is 0 Å². The topological polar surface area (TPSA) is 67.4 Å². The molecule has 1 aliphatic rings. The van der Waals surface area contributed by atoms with Gasteiger partial charge in [0.05, 0.1) is 6.61 Å². The largest absolute Gasteiger partial charge is 0.462 e. The minimum absolute atomic E-state index is 0.0575. The Morgan fingerprint density at radius 3 is 2.67 bits per heavy atom. The third kappa shape index (κ3) is 2.65. The van der Waals surface area contributed by atoms with Crippen LogP contribution in [0.15, 0.2) is 11.3 Å². The maximum absolute atomic E-state index is 11.6. The van der Waals surface area contributed by atoms with Crippen LogP contribution in [0.1, 0.15) is 13.8 Å². The molecule has 0 fully saturated rings. The number of esters is 1. The molecule has 1 atom stereocenters. The van der Waals surface area contributed by atoms with Gasteiger partial charge >= 0.3 is 5.97 Å². The summed E-state index contributed by atoms with van der Waals surface area (Å²) in [5, 5.41) is 5.64. The zero-order valence-electron chi connectivity index (χ0n) is 8.92. The molecule has 6 heteroatoms. The predicted octanol–water partition coefficient (Wildman–Crippen LogP) is 0.190. The molecule has 0 saturated heterocycles. The third-order valence-electron chi connectivity index (χ3n) is 1.93. The van der Waals surface area contributed by atoms with Crippen molar-refractivity contribution in [1.82, 2.24) is 10.6 Å². The first kappa shape index (κ1) is 11.9. The van der Waals surface area contributed by atoms with Crippen LogP contribution in [0.5, 0.6) is 0 Å². The zero-order chi connectivity index (χ0) is 11.4. The van der Waals surface area contributed by atoms with Crippen molar-refractivity contribution >= 4 is 23.6 Å². The van der Waals surface area contributed by atoms with Crippen LogP contribution in [-0.2, 0) is 14.3 Å². The lowest BCUT2D eigenvalue weighted by Crippen LogP contribution is -2.49. The SMILES string of the molecule is CCOC(=O)C1=C(C)NC(SC)NC1=O. The lowest BCUT2D eigenvalue weighted by Gasteiger charge is -2.26. The fourth-order valence-corrected chi connectivity index (χ4v) is 1.75. The van der Waals surface area contributed by atoms with Gasteiger partial charge in [0.1, 0.15) is 11.1 Å². The molecule has 2 N–H and O–H groups in total. The Hall–Kier alpha value is -1.17. The van der Waals surface area contributed by atoms with E-state index in [4.69, 9.17) is 4.74 Å². The second kappa shape index (κ2) is 5.06. The minimum Gasteiger partial charge on any atom is -0.462 e. The minimum atomic E-state index is -0.584. The van der Waals surface area contributed by atoms with Crippen molar-refractivity contribution in [3.63, 3.8) is 0 Å². The lowest BCUT2D eigenvalue weighted by atomic mass is 10.2. The van der Waals surface area contributed by atoms with Crippen molar-refractivity contribution in [2.24, 2.45) is 0 Å². The first-order valence-corrected chi connectivity index (χ1v) is 5.87. The number of carbonyl (C=O) groups excluding carboxylic acids is 2. The van der Waals surface area contributed by atoms with Gasteiger partial charge in [-0.05, 0) is 20.1 Å². The molecule has 0 aromatic carbocycles. The maximum Gasteiger partial charge on any atom is 0.345 e. The van der Waals surface area contributed by atoms with Crippen LogP contribution in [-0.4, -0.2) is 30.2 Å². The Labute approximate surface area is 92.6 Å². The monoisotopic (exact) mass is 230 g/mol. The van der Waals surface area contributed by atoms with E-state index in [9.17, 15) is 9.59 Å². The lowest BCUT2D eigenvalue weighted by molar-refractivity contribution is -0.140. The number of amides is 1. The van der Waals surface area contributed by atoms with Gasteiger partial charge in [-0.3, -0.25) is 4.79 Å². The Kier molecular flexibility index (Phi) is 4.02. The number of hydrogen-bond acceptors (Lipinski definition) is 5. The molecule has 1 aliphatic heterocycles. The molecule has 0 spiro atoms. The van der Waals surface area contributed by atoms with Crippen LogP contribution in [0, 0.1) is 0 Å². The van der Waals surface area contributed by atoms with Gasteiger partial charge in [0.2, 0.25) is 0 Å². The summed E-state index contributed by atoms with van der Waals surface area (Å²) >= 11 is 1.45. The fourth-order valence-electron chi connectivity index (χ4n) is 1.23. The van der Waals surface area contributed by atoms with Crippen molar-refractivity contribution in [3.05, 3.63) is 11.3 Å². The highest BCUT2D eigenvalue weighted by Crippen LogP contribution is 2.14. The van der Waals surface area contributed by atoms with Crippen LogP contribution in [0.2, 0.25) is 0 Å². The molecule has 0 aromatic heterocycles. The molecule has 0 saturated carbocycles. The summed E-state index contributed by atoms with van der Waals surface area (Å²) in [5.74, 6) is -0.969. The highest BCUT2D eigenvalue weighted by molar-refractivity contribution is 7.99. The van der Waals surface area contributed by atoms with E-state index in [1.807, 2.05) is 6.26 Å². The van der Waals surface area contributed by atoms with Crippen LogP contribution < -0.4 is 10.6 Å². The molecule has 5 nitrogen and oxygen atoms in total. The molecule has 0 radical (unpaired) electrons. The van der Waals surface area contributed by atoms with Gasteiger partial charge in [0.25, 0.3) is 5.91 Å². The molecule has 1 amide bonds. The molecular weight excluding hydrogens is 216 g/mol. The summed E-state index contributed by atoms with van der Waals surface area (Å²) < 4.78 is 4.79. The number of carbonyl (C=O) groups is 2. The van der Waals surface area contributed by atoms with Gasteiger partial charge in [0, 0.05) is 5.70 Å². The maximum atomic E-state index is 11.6. The highest BCUT2D eigenvalue weighted by Gasteiger charge is 2.29. The summed E-state index contributed by atoms with van der Waals surface area (Å²) in [7, 11) is 0. The van der Waals surface area contributed by atoms with E-state index in [1.54, 1.807) is 13.8 Å². The number of nitrogens with one attached hydrogen (secondary N) is 2. The van der Waals surface area contributed by atoms with Gasteiger partial charge in [-0.15, -0.1) is 11.8 Å². The van der Waals surface area contributed by atoms with Crippen molar-refractivity contribution in [2.45, 2.75) is 19.3 Å². The molecular formula is C9H14N2O3S. The van der Waals surface area contributed by atoms with Crippen LogP contribution >= 0.6 is 11.8 Å². The molecule has 1 rings (SSSR count). The number of ether oxygens (including phenoxy) is 1. The van der Waals surface area contributed by atoms with Gasteiger partial charge in [0.15, 0.2) is 0 Å². The van der Waals surface area contributed by atoms with E-state index < -0.39 is 5.97 Å². The Morgan fingerprint density at radius 1 is 1.53 bits per heavy atom. The first-order valence-electron chi connectivity index (χ1n) is 4.58. The number of thioether (sulfide) groups is 1. The summed E-state index contributed by atoms with van der Waals surface area (Å²) in [4.78, 5) is 23.0. The molecule has 84 valence electrons. The van der Waals surface area contributed by atoms with E-state index in [1.165, 1.54) is 11.8 Å². The average Bonchev–Trinajstić information content (AvgIpc) is 2.16. The van der Waals surface area contributed by atoms with Gasteiger partial charge in [-0.2, -0.15) is 0 Å². The van der Waals surface area contributed by atoms with Crippen molar-refractivity contribution in [2.75, 3.05) is 12.9 Å². The van der Waals surface area contributed by atoms with E-state index in [-0.39, 0.29) is 23.6 Å². The molecule has 0 aromatic rings. The number of hydrogen-bond donors (Lipinski definition) is 2. The first-order chi connectivity index (χ1) is 7.10. The summed E-state index contributed by atoms with van der Waals surface area (Å²) in [5.41, 5.74) is 0.425. The van der Waals surface area contributed by atoms with E-state index in [0.29, 0.717) is 5.70 Å². The van der Waals surface area contributed by atoms with Gasteiger partial charge in [-0.25, -0.2) is 4.79 Å². The number of rotatable bonds is 3. The second-order valence-corrected chi connectivity index (χ2v) is 3.90.